The normalized spacial score (nSPS) is 10.7. The van der Waals surface area contributed by atoms with Crippen molar-refractivity contribution in [2.24, 2.45) is 0 Å². The van der Waals surface area contributed by atoms with Crippen LogP contribution < -0.4 is 5.32 Å². The maximum absolute atomic E-state index is 9.83. The summed E-state index contributed by atoms with van der Waals surface area (Å²) in [5.41, 5.74) is 2.76. The molecule has 2 aromatic carbocycles. The lowest BCUT2D eigenvalue weighted by molar-refractivity contribution is 0.476. The van der Waals surface area contributed by atoms with Gasteiger partial charge < -0.3 is 10.4 Å². The van der Waals surface area contributed by atoms with E-state index in [1.54, 1.807) is 30.6 Å². The molecular weight excluding hydrogens is 312 g/mol. The summed E-state index contributed by atoms with van der Waals surface area (Å²) in [5.74, 6) is 1.47. The molecule has 4 rings (SSSR count). The first-order chi connectivity index (χ1) is 12.3. The van der Waals surface area contributed by atoms with Gasteiger partial charge >= 0.3 is 0 Å². The molecule has 2 N–H and O–H groups in total. The molecule has 0 atom stereocenters. The maximum Gasteiger partial charge on any atom is 0.163 e. The number of phenolic OH excluding ortho intramolecular Hbond substituents is 1. The molecule has 0 spiro atoms. The Hall–Kier alpha value is -3.47. The number of pyridine rings is 1. The smallest absolute Gasteiger partial charge is 0.163 e. The Bertz CT molecular complexity index is 1000. The van der Waals surface area contributed by atoms with Crippen LogP contribution in [0.1, 0.15) is 5.56 Å². The molecule has 2 aromatic heterocycles. The van der Waals surface area contributed by atoms with Gasteiger partial charge in [-0.05, 0) is 35.9 Å². The summed E-state index contributed by atoms with van der Waals surface area (Å²) < 4.78 is 0. The third-order valence-electron chi connectivity index (χ3n) is 3.90. The van der Waals surface area contributed by atoms with E-state index in [2.05, 4.69) is 32.4 Å². The number of nitrogens with one attached hydrogen (secondary N) is 1. The number of nitrogens with zero attached hydrogens (tertiary/aromatic N) is 3. The zero-order valence-electron chi connectivity index (χ0n) is 13.4. The summed E-state index contributed by atoms with van der Waals surface area (Å²) in [6, 6.07) is 19.0. The van der Waals surface area contributed by atoms with Crippen molar-refractivity contribution in [1.29, 1.82) is 0 Å². The molecule has 0 fully saturated rings. The zero-order valence-corrected chi connectivity index (χ0v) is 13.4. The fraction of sp³-hybridized carbons (Fsp3) is 0.0500. The third kappa shape index (κ3) is 3.26. The van der Waals surface area contributed by atoms with Crippen molar-refractivity contribution < 1.29 is 5.11 Å². The first-order valence-corrected chi connectivity index (χ1v) is 7.98. The van der Waals surface area contributed by atoms with Crippen LogP contribution in [-0.2, 0) is 6.54 Å². The predicted octanol–water partition coefficient (Wildman–Crippen LogP) is 4.01. The Kier molecular flexibility index (Phi) is 3.96. The summed E-state index contributed by atoms with van der Waals surface area (Å²) in [5, 5.41) is 14.0. The van der Waals surface area contributed by atoms with Gasteiger partial charge in [0.2, 0.25) is 0 Å². The van der Waals surface area contributed by atoms with Crippen LogP contribution in [0.2, 0.25) is 0 Å². The lowest BCUT2D eigenvalue weighted by Gasteiger charge is -2.11. The second kappa shape index (κ2) is 6.57. The predicted molar refractivity (Wildman–Crippen MR) is 98.2 cm³/mol. The van der Waals surface area contributed by atoms with E-state index in [0.717, 1.165) is 22.0 Å². The van der Waals surface area contributed by atoms with Gasteiger partial charge in [-0.3, -0.25) is 4.98 Å². The van der Waals surface area contributed by atoms with Crippen molar-refractivity contribution >= 4 is 16.7 Å². The quantitative estimate of drug-likeness (QED) is 0.592. The van der Waals surface area contributed by atoms with Gasteiger partial charge in [-0.1, -0.05) is 30.3 Å². The highest BCUT2D eigenvalue weighted by Crippen LogP contribution is 2.27. The minimum Gasteiger partial charge on any atom is -0.508 e. The first-order valence-electron chi connectivity index (χ1n) is 7.98. The van der Waals surface area contributed by atoms with E-state index in [1.165, 1.54) is 0 Å². The minimum absolute atomic E-state index is 0.188. The summed E-state index contributed by atoms with van der Waals surface area (Å²) in [7, 11) is 0. The number of hydrogen-bond donors (Lipinski definition) is 2. The van der Waals surface area contributed by atoms with Crippen LogP contribution in [-0.4, -0.2) is 20.1 Å². The molecule has 5 heteroatoms. The van der Waals surface area contributed by atoms with Gasteiger partial charge in [0, 0.05) is 29.9 Å². The van der Waals surface area contributed by atoms with Crippen molar-refractivity contribution in [3.63, 3.8) is 0 Å². The van der Waals surface area contributed by atoms with Crippen LogP contribution in [0.15, 0.2) is 73.1 Å². The molecule has 25 heavy (non-hydrogen) atoms. The molecular formula is C20H16N4O. The molecule has 0 aliphatic rings. The highest BCUT2D eigenvalue weighted by molar-refractivity contribution is 5.91. The molecule has 0 unspecified atom stereocenters. The number of fused-ring (bicyclic) bond motifs is 1. The average molecular weight is 328 g/mol. The maximum atomic E-state index is 9.83. The van der Waals surface area contributed by atoms with Crippen LogP contribution >= 0.6 is 0 Å². The van der Waals surface area contributed by atoms with Gasteiger partial charge in [-0.25, -0.2) is 9.97 Å². The van der Waals surface area contributed by atoms with Gasteiger partial charge in [-0.15, -0.1) is 0 Å². The highest BCUT2D eigenvalue weighted by atomic mass is 16.3. The van der Waals surface area contributed by atoms with E-state index < -0.39 is 0 Å². The SMILES string of the molecule is Oc1ccc2nc(-c3cccnc3)nc(NCc3ccccc3)c2c1. The summed E-state index contributed by atoms with van der Waals surface area (Å²) in [6.45, 7) is 0.634. The molecule has 0 amide bonds. The van der Waals surface area contributed by atoms with Crippen molar-refractivity contribution in [3.05, 3.63) is 78.6 Å². The molecule has 0 saturated heterocycles. The lowest BCUT2D eigenvalue weighted by Crippen LogP contribution is -2.04. The summed E-state index contributed by atoms with van der Waals surface area (Å²) >= 11 is 0. The Morgan fingerprint density at radius 2 is 1.80 bits per heavy atom. The fourth-order valence-corrected chi connectivity index (χ4v) is 2.66. The number of hydrogen-bond acceptors (Lipinski definition) is 5. The Morgan fingerprint density at radius 3 is 2.60 bits per heavy atom. The zero-order chi connectivity index (χ0) is 17.1. The second-order valence-corrected chi connectivity index (χ2v) is 5.68. The van der Waals surface area contributed by atoms with Crippen molar-refractivity contribution in [3.8, 4) is 17.1 Å². The largest absolute Gasteiger partial charge is 0.508 e. The average Bonchev–Trinajstić information content (AvgIpc) is 2.67. The van der Waals surface area contributed by atoms with E-state index in [-0.39, 0.29) is 5.75 Å². The molecule has 5 nitrogen and oxygen atoms in total. The van der Waals surface area contributed by atoms with E-state index in [4.69, 9.17) is 0 Å². The number of aromatic hydroxyl groups is 1. The number of rotatable bonds is 4. The van der Waals surface area contributed by atoms with Gasteiger partial charge in [0.15, 0.2) is 5.82 Å². The molecule has 0 aliphatic heterocycles. The van der Waals surface area contributed by atoms with Gasteiger partial charge in [0.05, 0.1) is 5.52 Å². The van der Waals surface area contributed by atoms with Crippen LogP contribution in [0.3, 0.4) is 0 Å². The van der Waals surface area contributed by atoms with Crippen LogP contribution in [0.5, 0.6) is 5.75 Å². The minimum atomic E-state index is 0.188. The summed E-state index contributed by atoms with van der Waals surface area (Å²) in [4.78, 5) is 13.4. The standard InChI is InChI=1S/C20H16N4O/c25-16-8-9-18-17(11-16)20(22-12-14-5-2-1-3-6-14)24-19(23-18)15-7-4-10-21-13-15/h1-11,13,25H,12H2,(H,22,23,24). The highest BCUT2D eigenvalue weighted by Gasteiger charge is 2.10. The molecule has 0 bridgehead atoms. The van der Waals surface area contributed by atoms with E-state index >= 15 is 0 Å². The topological polar surface area (TPSA) is 70.9 Å². The Morgan fingerprint density at radius 1 is 0.920 bits per heavy atom. The molecule has 4 aromatic rings. The van der Waals surface area contributed by atoms with Crippen molar-refractivity contribution in [2.75, 3.05) is 5.32 Å². The van der Waals surface area contributed by atoms with E-state index in [9.17, 15) is 5.11 Å². The van der Waals surface area contributed by atoms with Crippen LogP contribution in [0.4, 0.5) is 5.82 Å². The monoisotopic (exact) mass is 328 g/mol. The number of phenols is 1. The van der Waals surface area contributed by atoms with E-state index in [0.29, 0.717) is 18.2 Å². The Balaban J connectivity index is 1.78. The molecule has 0 radical (unpaired) electrons. The van der Waals surface area contributed by atoms with Gasteiger partial charge in [-0.2, -0.15) is 0 Å². The number of anilines is 1. The van der Waals surface area contributed by atoms with Crippen molar-refractivity contribution in [2.45, 2.75) is 6.54 Å². The second-order valence-electron chi connectivity index (χ2n) is 5.68. The molecule has 2 heterocycles. The fourth-order valence-electron chi connectivity index (χ4n) is 2.66. The van der Waals surface area contributed by atoms with E-state index in [1.807, 2.05) is 30.3 Å². The number of benzene rings is 2. The third-order valence-corrected chi connectivity index (χ3v) is 3.90. The summed E-state index contributed by atoms with van der Waals surface area (Å²) in [6.07, 6.45) is 3.46. The van der Waals surface area contributed by atoms with Gasteiger partial charge in [0.1, 0.15) is 11.6 Å². The molecule has 0 aliphatic carbocycles. The Labute approximate surface area is 145 Å². The van der Waals surface area contributed by atoms with Gasteiger partial charge in [0.25, 0.3) is 0 Å². The van der Waals surface area contributed by atoms with Crippen LogP contribution in [0, 0.1) is 0 Å². The lowest BCUT2D eigenvalue weighted by atomic mass is 10.2. The van der Waals surface area contributed by atoms with Crippen molar-refractivity contribution in [1.82, 2.24) is 15.0 Å². The first kappa shape index (κ1) is 15.1. The number of aromatic nitrogens is 3. The molecule has 0 saturated carbocycles. The molecule has 122 valence electrons. The van der Waals surface area contributed by atoms with Crippen LogP contribution in [0.25, 0.3) is 22.3 Å².